The SMILES string of the molecule is CNC(Cc1cccc(Br)c1)CC(C)(C)OC. The third-order valence-electron chi connectivity index (χ3n) is 3.07. The Morgan fingerprint density at radius 3 is 2.65 bits per heavy atom. The molecule has 0 fully saturated rings. The molecule has 1 rings (SSSR count). The highest BCUT2D eigenvalue weighted by atomic mass is 79.9. The minimum atomic E-state index is -0.0836. The van der Waals surface area contributed by atoms with Gasteiger partial charge in [0.2, 0.25) is 0 Å². The molecular formula is C14H22BrNO. The minimum Gasteiger partial charge on any atom is -0.379 e. The number of benzene rings is 1. The maximum Gasteiger partial charge on any atom is 0.0637 e. The normalized spacial score (nSPS) is 13.7. The molecule has 0 aliphatic carbocycles. The number of halogens is 1. The Bertz CT molecular complexity index is 352. The van der Waals surface area contributed by atoms with E-state index in [4.69, 9.17) is 4.74 Å². The van der Waals surface area contributed by atoms with E-state index in [1.165, 1.54) is 5.56 Å². The summed E-state index contributed by atoms with van der Waals surface area (Å²) in [6.45, 7) is 4.25. The highest BCUT2D eigenvalue weighted by Gasteiger charge is 2.21. The van der Waals surface area contributed by atoms with Gasteiger partial charge in [0, 0.05) is 17.6 Å². The highest BCUT2D eigenvalue weighted by Crippen LogP contribution is 2.19. The first-order valence-corrected chi connectivity index (χ1v) is 6.73. The van der Waals surface area contributed by atoms with Crippen molar-refractivity contribution < 1.29 is 4.74 Å². The molecule has 0 radical (unpaired) electrons. The van der Waals surface area contributed by atoms with Gasteiger partial charge >= 0.3 is 0 Å². The van der Waals surface area contributed by atoms with Gasteiger partial charge in [0.25, 0.3) is 0 Å². The van der Waals surface area contributed by atoms with Crippen LogP contribution in [-0.2, 0) is 11.2 Å². The van der Waals surface area contributed by atoms with Crippen molar-refractivity contribution in [3.8, 4) is 0 Å². The molecule has 1 unspecified atom stereocenters. The number of hydrogen-bond acceptors (Lipinski definition) is 2. The molecular weight excluding hydrogens is 278 g/mol. The van der Waals surface area contributed by atoms with Crippen LogP contribution < -0.4 is 5.32 Å². The molecule has 1 aromatic rings. The monoisotopic (exact) mass is 299 g/mol. The molecule has 0 aliphatic rings. The summed E-state index contributed by atoms with van der Waals surface area (Å²) in [5.41, 5.74) is 1.25. The zero-order valence-corrected chi connectivity index (χ0v) is 12.7. The van der Waals surface area contributed by atoms with E-state index in [-0.39, 0.29) is 5.60 Å². The number of nitrogens with one attached hydrogen (secondary N) is 1. The molecule has 1 N–H and O–H groups in total. The third kappa shape index (κ3) is 5.19. The van der Waals surface area contributed by atoms with Crippen molar-refractivity contribution >= 4 is 15.9 Å². The Morgan fingerprint density at radius 2 is 2.12 bits per heavy atom. The fourth-order valence-corrected chi connectivity index (χ4v) is 2.35. The average molecular weight is 300 g/mol. The number of likely N-dealkylation sites (N-methyl/N-ethyl adjacent to an activating group) is 1. The molecule has 96 valence electrons. The summed E-state index contributed by atoms with van der Waals surface area (Å²) in [5.74, 6) is 0. The molecule has 0 aromatic heterocycles. The second-order valence-electron chi connectivity index (χ2n) is 4.99. The maximum absolute atomic E-state index is 5.48. The van der Waals surface area contributed by atoms with Crippen LogP contribution in [0.5, 0.6) is 0 Å². The van der Waals surface area contributed by atoms with E-state index in [0.29, 0.717) is 6.04 Å². The predicted octanol–water partition coefficient (Wildman–Crippen LogP) is 3.39. The maximum atomic E-state index is 5.48. The summed E-state index contributed by atoms with van der Waals surface area (Å²) in [7, 11) is 3.78. The predicted molar refractivity (Wildman–Crippen MR) is 76.4 cm³/mol. The number of methoxy groups -OCH3 is 1. The Morgan fingerprint density at radius 1 is 1.41 bits per heavy atom. The van der Waals surface area contributed by atoms with Crippen molar-refractivity contribution in [2.75, 3.05) is 14.2 Å². The minimum absolute atomic E-state index is 0.0836. The molecule has 1 atom stereocenters. The summed E-state index contributed by atoms with van der Waals surface area (Å²) in [4.78, 5) is 0. The lowest BCUT2D eigenvalue weighted by molar-refractivity contribution is 0.00773. The molecule has 0 aliphatic heterocycles. The van der Waals surface area contributed by atoms with E-state index < -0.39 is 0 Å². The van der Waals surface area contributed by atoms with Crippen molar-refractivity contribution in [3.05, 3.63) is 34.3 Å². The average Bonchev–Trinajstić information content (AvgIpc) is 2.28. The summed E-state index contributed by atoms with van der Waals surface area (Å²) >= 11 is 3.50. The number of ether oxygens (including phenoxy) is 1. The van der Waals surface area contributed by atoms with Crippen LogP contribution in [0.25, 0.3) is 0 Å². The van der Waals surface area contributed by atoms with Crippen LogP contribution >= 0.6 is 15.9 Å². The first kappa shape index (κ1) is 14.7. The van der Waals surface area contributed by atoms with Gasteiger partial charge in [-0.1, -0.05) is 28.1 Å². The van der Waals surface area contributed by atoms with Gasteiger partial charge in [-0.25, -0.2) is 0 Å². The molecule has 0 bridgehead atoms. The first-order chi connectivity index (χ1) is 7.96. The summed E-state index contributed by atoms with van der Waals surface area (Å²) in [6, 6.07) is 8.89. The van der Waals surface area contributed by atoms with Gasteiger partial charge in [-0.05, 0) is 51.4 Å². The Balaban J connectivity index is 2.64. The molecule has 1 aromatic carbocycles. The number of rotatable bonds is 6. The van der Waals surface area contributed by atoms with Gasteiger partial charge in [0.1, 0.15) is 0 Å². The summed E-state index contributed by atoms with van der Waals surface area (Å²) in [5, 5.41) is 3.37. The van der Waals surface area contributed by atoms with E-state index in [1.54, 1.807) is 7.11 Å². The summed E-state index contributed by atoms with van der Waals surface area (Å²) in [6.07, 6.45) is 2.01. The van der Waals surface area contributed by atoms with Crippen LogP contribution in [0.2, 0.25) is 0 Å². The third-order valence-corrected chi connectivity index (χ3v) is 3.56. The van der Waals surface area contributed by atoms with Gasteiger partial charge in [-0.15, -0.1) is 0 Å². The lowest BCUT2D eigenvalue weighted by Gasteiger charge is -2.28. The quantitative estimate of drug-likeness (QED) is 0.869. The molecule has 0 saturated carbocycles. The van der Waals surface area contributed by atoms with E-state index in [1.807, 2.05) is 7.05 Å². The van der Waals surface area contributed by atoms with E-state index in [2.05, 4.69) is 59.4 Å². The van der Waals surface area contributed by atoms with Gasteiger partial charge in [-0.2, -0.15) is 0 Å². The van der Waals surface area contributed by atoms with Crippen molar-refractivity contribution in [2.24, 2.45) is 0 Å². The Kier molecular flexibility index (Phi) is 5.63. The first-order valence-electron chi connectivity index (χ1n) is 5.94. The zero-order chi connectivity index (χ0) is 12.9. The molecule has 2 nitrogen and oxygen atoms in total. The van der Waals surface area contributed by atoms with Crippen molar-refractivity contribution in [1.29, 1.82) is 0 Å². The molecule has 3 heteroatoms. The van der Waals surface area contributed by atoms with Crippen molar-refractivity contribution in [1.82, 2.24) is 5.32 Å². The Hall–Kier alpha value is -0.380. The van der Waals surface area contributed by atoms with Gasteiger partial charge in [0.15, 0.2) is 0 Å². The van der Waals surface area contributed by atoms with Crippen LogP contribution in [0.4, 0.5) is 0 Å². The van der Waals surface area contributed by atoms with Gasteiger partial charge < -0.3 is 10.1 Å². The van der Waals surface area contributed by atoms with Gasteiger partial charge in [0.05, 0.1) is 5.60 Å². The highest BCUT2D eigenvalue weighted by molar-refractivity contribution is 9.10. The topological polar surface area (TPSA) is 21.3 Å². The van der Waals surface area contributed by atoms with Gasteiger partial charge in [-0.3, -0.25) is 0 Å². The smallest absolute Gasteiger partial charge is 0.0637 e. The van der Waals surface area contributed by atoms with Crippen LogP contribution in [0, 0.1) is 0 Å². The van der Waals surface area contributed by atoms with Crippen LogP contribution in [0.15, 0.2) is 28.7 Å². The second kappa shape index (κ2) is 6.53. The largest absolute Gasteiger partial charge is 0.379 e. The Labute approximate surface area is 113 Å². The van der Waals surface area contributed by atoms with E-state index in [0.717, 1.165) is 17.3 Å². The summed E-state index contributed by atoms with van der Waals surface area (Å²) < 4.78 is 6.62. The van der Waals surface area contributed by atoms with Crippen molar-refractivity contribution in [2.45, 2.75) is 38.3 Å². The fraction of sp³-hybridized carbons (Fsp3) is 0.571. The molecule has 0 heterocycles. The molecule has 17 heavy (non-hydrogen) atoms. The van der Waals surface area contributed by atoms with E-state index in [9.17, 15) is 0 Å². The lowest BCUT2D eigenvalue weighted by Crippen LogP contribution is -2.37. The van der Waals surface area contributed by atoms with Crippen LogP contribution in [0.3, 0.4) is 0 Å². The van der Waals surface area contributed by atoms with Crippen LogP contribution in [0.1, 0.15) is 25.8 Å². The van der Waals surface area contributed by atoms with E-state index >= 15 is 0 Å². The molecule has 0 amide bonds. The van der Waals surface area contributed by atoms with Crippen molar-refractivity contribution in [3.63, 3.8) is 0 Å². The second-order valence-corrected chi connectivity index (χ2v) is 5.90. The number of hydrogen-bond donors (Lipinski definition) is 1. The molecule has 0 saturated heterocycles. The van der Waals surface area contributed by atoms with Crippen LogP contribution in [-0.4, -0.2) is 25.8 Å². The standard InChI is InChI=1S/C14H22BrNO/c1-14(2,17-4)10-13(16-3)9-11-6-5-7-12(15)8-11/h5-8,13,16H,9-10H2,1-4H3. The fourth-order valence-electron chi connectivity index (χ4n) is 1.90. The molecule has 0 spiro atoms. The zero-order valence-electron chi connectivity index (χ0n) is 11.1. The lowest BCUT2D eigenvalue weighted by atomic mass is 9.94.